The van der Waals surface area contributed by atoms with Crippen molar-refractivity contribution < 1.29 is 8.42 Å². The highest BCUT2D eigenvalue weighted by molar-refractivity contribution is 7.88. The van der Waals surface area contributed by atoms with Crippen molar-refractivity contribution in [1.82, 2.24) is 24.1 Å². The fourth-order valence-electron chi connectivity index (χ4n) is 3.23. The molecule has 3 rings (SSSR count). The molecule has 8 heteroatoms. The molecule has 0 N–H and O–H groups in total. The molecule has 0 aromatic carbocycles. The van der Waals surface area contributed by atoms with Crippen LogP contribution in [0.1, 0.15) is 31.9 Å². The van der Waals surface area contributed by atoms with Crippen molar-refractivity contribution in [2.24, 2.45) is 5.92 Å². The first kappa shape index (κ1) is 18.0. The average molecular weight is 363 g/mol. The molecule has 0 spiro atoms. The summed E-state index contributed by atoms with van der Waals surface area (Å²) in [5.41, 5.74) is 2.78. The van der Waals surface area contributed by atoms with Crippen LogP contribution >= 0.6 is 0 Å². The third kappa shape index (κ3) is 4.64. The Hall–Kier alpha value is -1.80. The monoisotopic (exact) mass is 363 g/mol. The van der Waals surface area contributed by atoms with E-state index in [0.29, 0.717) is 19.0 Å². The van der Waals surface area contributed by atoms with Crippen molar-refractivity contribution in [3.63, 3.8) is 0 Å². The molecule has 1 saturated heterocycles. The molecule has 136 valence electrons. The van der Waals surface area contributed by atoms with Crippen LogP contribution in [0.3, 0.4) is 0 Å². The van der Waals surface area contributed by atoms with E-state index in [4.69, 9.17) is 4.98 Å². The topological polar surface area (TPSA) is 81.0 Å². The molecular formula is C17H25N5O2S. The van der Waals surface area contributed by atoms with Crippen molar-refractivity contribution in [1.29, 1.82) is 0 Å². The summed E-state index contributed by atoms with van der Waals surface area (Å²) in [6.45, 7) is 4.21. The van der Waals surface area contributed by atoms with Crippen molar-refractivity contribution in [3.8, 4) is 11.3 Å². The largest absolute Gasteiger partial charge is 0.272 e. The Balaban J connectivity index is 1.64. The van der Waals surface area contributed by atoms with Gasteiger partial charge in [-0.1, -0.05) is 6.92 Å². The van der Waals surface area contributed by atoms with Gasteiger partial charge in [0.25, 0.3) is 0 Å². The van der Waals surface area contributed by atoms with E-state index >= 15 is 0 Å². The van der Waals surface area contributed by atoms with Gasteiger partial charge < -0.3 is 0 Å². The Kier molecular flexibility index (Phi) is 5.48. The Morgan fingerprint density at radius 2 is 1.96 bits per heavy atom. The van der Waals surface area contributed by atoms with Crippen LogP contribution in [0.2, 0.25) is 0 Å². The van der Waals surface area contributed by atoms with Crippen LogP contribution in [-0.2, 0) is 23.0 Å². The lowest BCUT2D eigenvalue weighted by Gasteiger charge is -2.29. The summed E-state index contributed by atoms with van der Waals surface area (Å²) in [7, 11) is -3.07. The molecule has 0 amide bonds. The van der Waals surface area contributed by atoms with Crippen LogP contribution in [0, 0.1) is 5.92 Å². The zero-order valence-corrected chi connectivity index (χ0v) is 15.6. The van der Waals surface area contributed by atoms with Crippen LogP contribution in [-0.4, -0.2) is 51.8 Å². The zero-order valence-electron chi connectivity index (χ0n) is 14.8. The molecule has 0 atom stereocenters. The summed E-state index contributed by atoms with van der Waals surface area (Å²) in [4.78, 5) is 9.06. The van der Waals surface area contributed by atoms with Crippen molar-refractivity contribution in [2.75, 3.05) is 19.3 Å². The minimum absolute atomic E-state index is 0.449. The first-order valence-corrected chi connectivity index (χ1v) is 10.6. The van der Waals surface area contributed by atoms with E-state index in [0.717, 1.165) is 49.2 Å². The van der Waals surface area contributed by atoms with Gasteiger partial charge in [-0.05, 0) is 31.6 Å². The lowest BCUT2D eigenvalue weighted by atomic mass is 9.93. The second kappa shape index (κ2) is 7.61. The summed E-state index contributed by atoms with van der Waals surface area (Å²) < 4.78 is 26.7. The summed E-state index contributed by atoms with van der Waals surface area (Å²) in [6, 6.07) is 0. The molecule has 0 aliphatic carbocycles. The first-order valence-electron chi connectivity index (χ1n) is 8.74. The molecule has 1 aliphatic rings. The van der Waals surface area contributed by atoms with E-state index in [-0.39, 0.29) is 0 Å². The van der Waals surface area contributed by atoms with E-state index in [2.05, 4.69) is 17.0 Å². The summed E-state index contributed by atoms with van der Waals surface area (Å²) in [5.74, 6) is 0.449. The highest BCUT2D eigenvalue weighted by Crippen LogP contribution is 2.23. The van der Waals surface area contributed by atoms with Crippen LogP contribution in [0.15, 0.2) is 24.8 Å². The van der Waals surface area contributed by atoms with Gasteiger partial charge in [-0.15, -0.1) is 0 Å². The van der Waals surface area contributed by atoms with Crippen LogP contribution in [0.4, 0.5) is 0 Å². The SMILES string of the molecule is CCCn1cc(-c2cncc(CC3CCN(S(C)(=O)=O)CC3)n2)cn1. The Labute approximate surface area is 149 Å². The maximum atomic E-state index is 11.6. The molecule has 1 fully saturated rings. The molecule has 7 nitrogen and oxygen atoms in total. The van der Waals surface area contributed by atoms with Crippen molar-refractivity contribution >= 4 is 10.0 Å². The van der Waals surface area contributed by atoms with Crippen LogP contribution < -0.4 is 0 Å². The minimum atomic E-state index is -3.07. The average Bonchev–Trinajstić information content (AvgIpc) is 3.04. The molecule has 0 unspecified atom stereocenters. The third-order valence-electron chi connectivity index (χ3n) is 4.61. The van der Waals surface area contributed by atoms with Gasteiger partial charge in [-0.25, -0.2) is 17.7 Å². The molecule has 2 aromatic heterocycles. The fourth-order valence-corrected chi connectivity index (χ4v) is 4.11. The number of hydrogen-bond donors (Lipinski definition) is 0. The van der Waals surface area contributed by atoms with Gasteiger partial charge in [-0.2, -0.15) is 5.10 Å². The quantitative estimate of drug-likeness (QED) is 0.784. The van der Waals surface area contributed by atoms with Crippen molar-refractivity contribution in [3.05, 3.63) is 30.5 Å². The summed E-state index contributed by atoms with van der Waals surface area (Å²) in [6.07, 6.45) is 12.3. The van der Waals surface area contributed by atoms with E-state index in [1.54, 1.807) is 10.5 Å². The maximum absolute atomic E-state index is 11.6. The lowest BCUT2D eigenvalue weighted by Crippen LogP contribution is -2.38. The second-order valence-corrected chi connectivity index (χ2v) is 8.68. The smallest absolute Gasteiger partial charge is 0.211 e. The van der Waals surface area contributed by atoms with Gasteiger partial charge in [-0.3, -0.25) is 9.67 Å². The van der Waals surface area contributed by atoms with Crippen LogP contribution in [0.5, 0.6) is 0 Å². The predicted molar refractivity (Wildman–Crippen MR) is 96.4 cm³/mol. The normalized spacial score (nSPS) is 17.0. The number of nitrogens with zero attached hydrogens (tertiary/aromatic N) is 5. The van der Waals surface area contributed by atoms with Gasteiger partial charge in [0, 0.05) is 37.6 Å². The van der Waals surface area contributed by atoms with Gasteiger partial charge in [0.2, 0.25) is 10.0 Å². The number of aromatic nitrogens is 4. The molecule has 0 saturated carbocycles. The molecule has 1 aliphatic heterocycles. The first-order chi connectivity index (χ1) is 12.0. The molecule has 25 heavy (non-hydrogen) atoms. The zero-order chi connectivity index (χ0) is 17.9. The van der Waals surface area contributed by atoms with Gasteiger partial charge in [0.05, 0.1) is 30.0 Å². The number of rotatable bonds is 6. The second-order valence-electron chi connectivity index (χ2n) is 6.70. The lowest BCUT2D eigenvalue weighted by molar-refractivity contribution is 0.273. The van der Waals surface area contributed by atoms with E-state index in [9.17, 15) is 8.42 Å². The number of piperidine rings is 1. The van der Waals surface area contributed by atoms with Gasteiger partial charge >= 0.3 is 0 Å². The number of aryl methyl sites for hydroxylation is 1. The van der Waals surface area contributed by atoms with Crippen LogP contribution in [0.25, 0.3) is 11.3 Å². The molecule has 3 heterocycles. The highest BCUT2D eigenvalue weighted by atomic mass is 32.2. The minimum Gasteiger partial charge on any atom is -0.272 e. The van der Waals surface area contributed by atoms with E-state index in [1.165, 1.54) is 6.26 Å². The predicted octanol–water partition coefficient (Wildman–Crippen LogP) is 1.96. The Morgan fingerprint density at radius 1 is 1.20 bits per heavy atom. The molecular weight excluding hydrogens is 338 g/mol. The van der Waals surface area contributed by atoms with Crippen molar-refractivity contribution in [2.45, 2.75) is 39.2 Å². The maximum Gasteiger partial charge on any atom is 0.211 e. The Bertz CT molecular complexity index is 810. The van der Waals surface area contributed by atoms with E-state index in [1.807, 2.05) is 23.3 Å². The van der Waals surface area contributed by atoms with E-state index < -0.39 is 10.0 Å². The summed E-state index contributed by atoms with van der Waals surface area (Å²) >= 11 is 0. The number of hydrogen-bond acceptors (Lipinski definition) is 5. The fraction of sp³-hybridized carbons (Fsp3) is 0.588. The molecule has 0 bridgehead atoms. The molecule has 0 radical (unpaired) electrons. The molecule has 2 aromatic rings. The van der Waals surface area contributed by atoms with Gasteiger partial charge in [0.1, 0.15) is 0 Å². The number of sulfonamides is 1. The summed E-state index contributed by atoms with van der Waals surface area (Å²) in [5, 5.41) is 4.35. The third-order valence-corrected chi connectivity index (χ3v) is 5.91. The highest BCUT2D eigenvalue weighted by Gasteiger charge is 2.25. The van der Waals surface area contributed by atoms with Gasteiger partial charge in [0.15, 0.2) is 0 Å². The Morgan fingerprint density at radius 3 is 2.64 bits per heavy atom. The standard InChI is InChI=1S/C17H25N5O2S/c1-3-6-21-13-15(10-19-21)17-12-18-11-16(20-17)9-14-4-7-22(8-5-14)25(2,23)24/h10-14H,3-9H2,1-2H3.